The average Bonchev–Trinajstić information content (AvgIpc) is 2.41. The van der Waals surface area contributed by atoms with Gasteiger partial charge in [-0.2, -0.15) is 0 Å². The van der Waals surface area contributed by atoms with Crippen molar-refractivity contribution in [2.24, 2.45) is 5.73 Å². The SMILES string of the molecule is NC(=O)Nc1cccc(NC(=O)Cc2ccc(Cl)cc2)c1. The Bertz CT molecular complexity index is 656. The standard InChI is InChI=1S/C15H14ClN3O2/c16-11-6-4-10(5-7-11)8-14(20)18-12-2-1-3-13(9-12)19-15(17)21/h1-7,9H,8H2,(H,18,20)(H3,17,19,21). The topological polar surface area (TPSA) is 84.2 Å². The molecule has 0 unspecified atom stereocenters. The van der Waals surface area contributed by atoms with E-state index in [4.69, 9.17) is 17.3 Å². The number of rotatable bonds is 4. The first-order chi connectivity index (χ1) is 10.0. The fraction of sp³-hybridized carbons (Fsp3) is 0.0667. The number of anilines is 2. The molecule has 21 heavy (non-hydrogen) atoms. The molecule has 2 aromatic carbocycles. The van der Waals surface area contributed by atoms with Gasteiger partial charge in [0.2, 0.25) is 5.91 Å². The Morgan fingerprint density at radius 3 is 2.24 bits per heavy atom. The van der Waals surface area contributed by atoms with Crippen LogP contribution in [0.1, 0.15) is 5.56 Å². The minimum atomic E-state index is -0.653. The molecule has 0 spiro atoms. The van der Waals surface area contributed by atoms with Crippen molar-refractivity contribution >= 4 is 34.9 Å². The van der Waals surface area contributed by atoms with Crippen LogP contribution in [0.3, 0.4) is 0 Å². The number of nitrogens with two attached hydrogens (primary N) is 1. The molecular formula is C15H14ClN3O2. The zero-order valence-electron chi connectivity index (χ0n) is 11.1. The van der Waals surface area contributed by atoms with Crippen molar-refractivity contribution in [1.29, 1.82) is 0 Å². The van der Waals surface area contributed by atoms with Gasteiger partial charge in [-0.25, -0.2) is 4.79 Å². The summed E-state index contributed by atoms with van der Waals surface area (Å²) in [4.78, 5) is 22.7. The average molecular weight is 304 g/mol. The summed E-state index contributed by atoms with van der Waals surface area (Å²) in [5.74, 6) is -0.159. The lowest BCUT2D eigenvalue weighted by atomic mass is 10.1. The number of carbonyl (C=O) groups is 2. The van der Waals surface area contributed by atoms with E-state index in [-0.39, 0.29) is 12.3 Å². The summed E-state index contributed by atoms with van der Waals surface area (Å²) in [5, 5.41) is 5.83. The second kappa shape index (κ2) is 6.76. The van der Waals surface area contributed by atoms with Crippen LogP contribution in [0.15, 0.2) is 48.5 Å². The minimum absolute atomic E-state index is 0.159. The summed E-state index contributed by atoms with van der Waals surface area (Å²) in [7, 11) is 0. The number of hydrogen-bond acceptors (Lipinski definition) is 2. The van der Waals surface area contributed by atoms with Gasteiger partial charge in [0.1, 0.15) is 0 Å². The summed E-state index contributed by atoms with van der Waals surface area (Å²) in [6, 6.07) is 13.2. The van der Waals surface area contributed by atoms with E-state index in [1.165, 1.54) is 0 Å². The summed E-state index contributed by atoms with van der Waals surface area (Å²) in [6.45, 7) is 0. The molecule has 3 amide bonds. The van der Waals surface area contributed by atoms with Crippen molar-refractivity contribution in [3.8, 4) is 0 Å². The third kappa shape index (κ3) is 4.81. The van der Waals surface area contributed by atoms with Crippen LogP contribution >= 0.6 is 11.6 Å². The first-order valence-corrected chi connectivity index (χ1v) is 6.61. The summed E-state index contributed by atoms with van der Waals surface area (Å²) < 4.78 is 0. The van der Waals surface area contributed by atoms with Crippen LogP contribution in [0, 0.1) is 0 Å². The molecule has 0 aliphatic rings. The Kier molecular flexibility index (Phi) is 4.79. The highest BCUT2D eigenvalue weighted by molar-refractivity contribution is 6.30. The highest BCUT2D eigenvalue weighted by atomic mass is 35.5. The maximum absolute atomic E-state index is 11.9. The van der Waals surface area contributed by atoms with Gasteiger partial charge in [-0.15, -0.1) is 0 Å². The van der Waals surface area contributed by atoms with E-state index in [9.17, 15) is 9.59 Å². The van der Waals surface area contributed by atoms with Crippen molar-refractivity contribution in [1.82, 2.24) is 0 Å². The van der Waals surface area contributed by atoms with Crippen LogP contribution in [0.4, 0.5) is 16.2 Å². The second-order valence-electron chi connectivity index (χ2n) is 4.42. The van der Waals surface area contributed by atoms with E-state index in [0.717, 1.165) is 5.56 Å². The molecule has 0 bridgehead atoms. The van der Waals surface area contributed by atoms with Crippen LogP contribution in [0.25, 0.3) is 0 Å². The molecule has 0 heterocycles. The van der Waals surface area contributed by atoms with Gasteiger partial charge >= 0.3 is 6.03 Å². The predicted molar refractivity (Wildman–Crippen MR) is 83.4 cm³/mol. The quantitative estimate of drug-likeness (QED) is 0.811. The van der Waals surface area contributed by atoms with Crippen LogP contribution in [-0.2, 0) is 11.2 Å². The lowest BCUT2D eigenvalue weighted by Crippen LogP contribution is -2.19. The van der Waals surface area contributed by atoms with Gasteiger partial charge in [0.05, 0.1) is 6.42 Å². The van der Waals surface area contributed by atoms with Gasteiger partial charge in [-0.1, -0.05) is 29.8 Å². The molecule has 0 saturated heterocycles. The largest absolute Gasteiger partial charge is 0.351 e. The summed E-state index contributed by atoms with van der Waals surface area (Å²) >= 11 is 5.79. The lowest BCUT2D eigenvalue weighted by molar-refractivity contribution is -0.115. The van der Waals surface area contributed by atoms with Crippen LogP contribution in [0.5, 0.6) is 0 Å². The second-order valence-corrected chi connectivity index (χ2v) is 4.86. The molecule has 6 heteroatoms. The molecule has 0 aromatic heterocycles. The van der Waals surface area contributed by atoms with Gasteiger partial charge < -0.3 is 16.4 Å². The molecule has 0 radical (unpaired) electrons. The molecule has 0 atom stereocenters. The third-order valence-electron chi connectivity index (χ3n) is 2.69. The number of amides is 3. The molecule has 2 aromatic rings. The van der Waals surface area contributed by atoms with Gasteiger partial charge in [-0.05, 0) is 35.9 Å². The van der Waals surface area contributed by atoms with E-state index in [2.05, 4.69) is 10.6 Å². The highest BCUT2D eigenvalue weighted by Gasteiger charge is 2.05. The van der Waals surface area contributed by atoms with Gasteiger partial charge in [0, 0.05) is 16.4 Å². The monoisotopic (exact) mass is 303 g/mol. The number of primary amides is 1. The van der Waals surface area contributed by atoms with Crippen molar-refractivity contribution < 1.29 is 9.59 Å². The maximum Gasteiger partial charge on any atom is 0.316 e. The van der Waals surface area contributed by atoms with Gasteiger partial charge in [0.15, 0.2) is 0 Å². The molecular weight excluding hydrogens is 290 g/mol. The maximum atomic E-state index is 11.9. The Morgan fingerprint density at radius 1 is 1.00 bits per heavy atom. The summed E-state index contributed by atoms with van der Waals surface area (Å²) in [6.07, 6.45) is 0.241. The number of nitrogens with one attached hydrogen (secondary N) is 2. The van der Waals surface area contributed by atoms with E-state index in [1.807, 2.05) is 0 Å². The van der Waals surface area contributed by atoms with Crippen molar-refractivity contribution in [3.05, 3.63) is 59.1 Å². The Hall–Kier alpha value is -2.53. The zero-order valence-corrected chi connectivity index (χ0v) is 11.9. The molecule has 108 valence electrons. The molecule has 0 aliphatic carbocycles. The van der Waals surface area contributed by atoms with E-state index < -0.39 is 6.03 Å². The Morgan fingerprint density at radius 2 is 1.62 bits per heavy atom. The van der Waals surface area contributed by atoms with E-state index >= 15 is 0 Å². The van der Waals surface area contributed by atoms with E-state index in [0.29, 0.717) is 16.4 Å². The van der Waals surface area contributed by atoms with Crippen molar-refractivity contribution in [2.75, 3.05) is 10.6 Å². The third-order valence-corrected chi connectivity index (χ3v) is 2.94. The number of carbonyl (C=O) groups excluding carboxylic acids is 2. The lowest BCUT2D eigenvalue weighted by Gasteiger charge is -2.08. The van der Waals surface area contributed by atoms with E-state index in [1.54, 1.807) is 48.5 Å². The first-order valence-electron chi connectivity index (χ1n) is 6.24. The predicted octanol–water partition coefficient (Wildman–Crippen LogP) is 3.01. The molecule has 4 N–H and O–H groups in total. The zero-order chi connectivity index (χ0) is 15.2. The number of urea groups is 1. The molecule has 0 fully saturated rings. The summed E-state index contributed by atoms with van der Waals surface area (Å²) in [5.41, 5.74) is 7.01. The normalized spacial score (nSPS) is 9.95. The number of hydrogen-bond donors (Lipinski definition) is 3. The number of halogens is 1. The van der Waals surface area contributed by atoms with Crippen molar-refractivity contribution in [3.63, 3.8) is 0 Å². The number of benzene rings is 2. The first kappa shape index (κ1) is 14.9. The fourth-order valence-electron chi connectivity index (χ4n) is 1.81. The smallest absolute Gasteiger partial charge is 0.316 e. The molecule has 2 rings (SSSR count). The van der Waals surface area contributed by atoms with Gasteiger partial charge in [-0.3, -0.25) is 4.79 Å². The molecule has 0 saturated carbocycles. The highest BCUT2D eigenvalue weighted by Crippen LogP contribution is 2.16. The van der Waals surface area contributed by atoms with Crippen LogP contribution in [-0.4, -0.2) is 11.9 Å². The van der Waals surface area contributed by atoms with Crippen LogP contribution in [0.2, 0.25) is 5.02 Å². The molecule has 0 aliphatic heterocycles. The van der Waals surface area contributed by atoms with Crippen molar-refractivity contribution in [2.45, 2.75) is 6.42 Å². The minimum Gasteiger partial charge on any atom is -0.351 e. The van der Waals surface area contributed by atoms with Gasteiger partial charge in [0.25, 0.3) is 0 Å². The molecule has 5 nitrogen and oxygen atoms in total. The van der Waals surface area contributed by atoms with Crippen LogP contribution < -0.4 is 16.4 Å². The Labute approximate surface area is 127 Å². The Balaban J connectivity index is 1.99. The fourth-order valence-corrected chi connectivity index (χ4v) is 1.94.